The number of halogens is 2. The third-order valence-corrected chi connectivity index (χ3v) is 5.58. The summed E-state index contributed by atoms with van der Waals surface area (Å²) >= 11 is 7.40. The van der Waals surface area contributed by atoms with E-state index in [1.165, 1.54) is 11.3 Å². The molecule has 4 aromatic heterocycles. The Labute approximate surface area is 163 Å². The van der Waals surface area contributed by atoms with Crippen LogP contribution in [-0.4, -0.2) is 34.6 Å². The molecule has 0 aliphatic carbocycles. The predicted molar refractivity (Wildman–Crippen MR) is 102 cm³/mol. The van der Waals surface area contributed by atoms with E-state index in [0.29, 0.717) is 44.4 Å². The van der Waals surface area contributed by atoms with Crippen LogP contribution in [0.3, 0.4) is 0 Å². The quantitative estimate of drug-likeness (QED) is 0.524. The normalized spacial score (nSPS) is 11.6. The molecule has 0 unspecified atom stereocenters. The molecular formula is C17H16ClFN6OS. The van der Waals surface area contributed by atoms with E-state index in [9.17, 15) is 9.50 Å². The van der Waals surface area contributed by atoms with Crippen LogP contribution < -0.4 is 0 Å². The molecule has 4 aromatic rings. The van der Waals surface area contributed by atoms with Crippen molar-refractivity contribution in [1.29, 1.82) is 0 Å². The van der Waals surface area contributed by atoms with Crippen LogP contribution in [0, 0.1) is 12.7 Å². The summed E-state index contributed by atoms with van der Waals surface area (Å²) in [5, 5.41) is 19.8. The maximum absolute atomic E-state index is 14.6. The highest BCUT2D eigenvalue weighted by Crippen LogP contribution is 2.38. The molecule has 27 heavy (non-hydrogen) atoms. The maximum atomic E-state index is 14.6. The SMILES string of the molecule is CCn1nc(C)c(F)c1-c1nc(-c2nc(Cl)cc3c2cnn3C)c(CO)s1. The number of aryl methyl sites for hydroxylation is 3. The molecule has 0 saturated carbocycles. The zero-order valence-corrected chi connectivity index (χ0v) is 16.4. The van der Waals surface area contributed by atoms with Gasteiger partial charge in [-0.3, -0.25) is 9.36 Å². The minimum Gasteiger partial charge on any atom is -0.391 e. The van der Waals surface area contributed by atoms with Crippen molar-refractivity contribution in [2.45, 2.75) is 27.0 Å². The molecule has 0 fully saturated rings. The van der Waals surface area contributed by atoms with Gasteiger partial charge in [-0.2, -0.15) is 10.2 Å². The van der Waals surface area contributed by atoms with Gasteiger partial charge in [0.15, 0.2) is 5.82 Å². The van der Waals surface area contributed by atoms with E-state index in [2.05, 4.69) is 20.2 Å². The van der Waals surface area contributed by atoms with Crippen LogP contribution in [0.1, 0.15) is 17.5 Å². The van der Waals surface area contributed by atoms with Gasteiger partial charge < -0.3 is 5.11 Å². The number of thiazole rings is 1. The van der Waals surface area contributed by atoms with E-state index >= 15 is 0 Å². The fourth-order valence-corrected chi connectivity index (χ4v) is 4.18. The number of aromatic nitrogens is 6. The van der Waals surface area contributed by atoms with Gasteiger partial charge in [0.25, 0.3) is 0 Å². The molecule has 4 heterocycles. The van der Waals surface area contributed by atoms with E-state index in [1.807, 2.05) is 6.92 Å². The molecule has 0 amide bonds. The Morgan fingerprint density at radius 1 is 1.30 bits per heavy atom. The van der Waals surface area contributed by atoms with Crippen LogP contribution in [0.25, 0.3) is 33.0 Å². The van der Waals surface area contributed by atoms with Crippen LogP contribution in [0.4, 0.5) is 4.39 Å². The van der Waals surface area contributed by atoms with Gasteiger partial charge in [-0.25, -0.2) is 14.4 Å². The number of hydrogen-bond acceptors (Lipinski definition) is 6. The lowest BCUT2D eigenvalue weighted by atomic mass is 10.2. The molecule has 140 valence electrons. The largest absolute Gasteiger partial charge is 0.391 e. The molecule has 0 bridgehead atoms. The van der Waals surface area contributed by atoms with Gasteiger partial charge >= 0.3 is 0 Å². The molecule has 0 aliphatic heterocycles. The Morgan fingerprint density at radius 3 is 2.78 bits per heavy atom. The summed E-state index contributed by atoms with van der Waals surface area (Å²) in [7, 11) is 1.81. The number of pyridine rings is 1. The molecule has 0 aliphatic rings. The van der Waals surface area contributed by atoms with Gasteiger partial charge in [0.05, 0.1) is 28.9 Å². The summed E-state index contributed by atoms with van der Waals surface area (Å²) in [6.45, 7) is 3.76. The van der Waals surface area contributed by atoms with Gasteiger partial charge in [-0.05, 0) is 13.8 Å². The van der Waals surface area contributed by atoms with Gasteiger partial charge in [0, 0.05) is 25.0 Å². The fourth-order valence-electron chi connectivity index (χ4n) is 3.03. The van der Waals surface area contributed by atoms with Crippen molar-refractivity contribution in [2.75, 3.05) is 0 Å². The molecule has 0 aromatic carbocycles. The van der Waals surface area contributed by atoms with Crippen molar-refractivity contribution >= 4 is 33.8 Å². The van der Waals surface area contributed by atoms with Crippen molar-refractivity contribution in [3.05, 3.63) is 33.8 Å². The average Bonchev–Trinajstić information content (AvgIpc) is 3.31. The van der Waals surface area contributed by atoms with Crippen molar-refractivity contribution in [1.82, 2.24) is 29.5 Å². The second-order valence-corrected chi connectivity index (χ2v) is 7.48. The highest BCUT2D eigenvalue weighted by atomic mass is 35.5. The number of nitrogens with zero attached hydrogens (tertiary/aromatic N) is 6. The van der Waals surface area contributed by atoms with E-state index in [4.69, 9.17) is 11.6 Å². The van der Waals surface area contributed by atoms with Gasteiger partial charge in [-0.15, -0.1) is 11.3 Å². The van der Waals surface area contributed by atoms with Crippen LogP contribution in [0.15, 0.2) is 12.3 Å². The van der Waals surface area contributed by atoms with E-state index in [1.54, 1.807) is 35.6 Å². The molecule has 10 heteroatoms. The Bertz CT molecular complexity index is 1160. The Hall–Kier alpha value is -2.36. The highest BCUT2D eigenvalue weighted by Gasteiger charge is 2.24. The molecule has 0 radical (unpaired) electrons. The fraction of sp³-hybridized carbons (Fsp3) is 0.294. The summed E-state index contributed by atoms with van der Waals surface area (Å²) in [5.74, 6) is -0.410. The summed E-state index contributed by atoms with van der Waals surface area (Å²) in [4.78, 5) is 9.58. The standard InChI is InChI=1S/C17H16ClFN6OS/c1-4-25-16(13(19)8(2)23-25)17-22-15(11(7-26)27-17)14-9-6-20-24(3)10(9)5-12(18)21-14/h5-6,26H,4,7H2,1-3H3. The molecule has 0 spiro atoms. The lowest BCUT2D eigenvalue weighted by molar-refractivity contribution is 0.286. The summed E-state index contributed by atoms with van der Waals surface area (Å²) in [6, 6.07) is 1.72. The molecule has 1 N–H and O–H groups in total. The third-order valence-electron chi connectivity index (χ3n) is 4.34. The molecule has 7 nitrogen and oxygen atoms in total. The number of aliphatic hydroxyl groups excluding tert-OH is 1. The van der Waals surface area contributed by atoms with Crippen LogP contribution in [-0.2, 0) is 20.2 Å². The van der Waals surface area contributed by atoms with Crippen molar-refractivity contribution < 1.29 is 9.50 Å². The van der Waals surface area contributed by atoms with Gasteiger partial charge in [0.1, 0.15) is 27.2 Å². The Morgan fingerprint density at radius 2 is 2.07 bits per heavy atom. The number of aliphatic hydroxyl groups is 1. The lowest BCUT2D eigenvalue weighted by Gasteiger charge is -2.03. The first-order valence-corrected chi connectivity index (χ1v) is 9.46. The Balaban J connectivity index is 1.97. The smallest absolute Gasteiger partial charge is 0.174 e. The zero-order valence-electron chi connectivity index (χ0n) is 14.9. The minimum absolute atomic E-state index is 0.246. The summed E-state index contributed by atoms with van der Waals surface area (Å²) in [6.07, 6.45) is 1.68. The summed E-state index contributed by atoms with van der Waals surface area (Å²) < 4.78 is 17.9. The first-order chi connectivity index (χ1) is 12.9. The number of fused-ring (bicyclic) bond motifs is 1. The van der Waals surface area contributed by atoms with Gasteiger partial charge in [-0.1, -0.05) is 11.6 Å². The van der Waals surface area contributed by atoms with Crippen LogP contribution in [0.2, 0.25) is 5.15 Å². The highest BCUT2D eigenvalue weighted by molar-refractivity contribution is 7.15. The van der Waals surface area contributed by atoms with Crippen LogP contribution in [0.5, 0.6) is 0 Å². The van der Waals surface area contributed by atoms with Crippen molar-refractivity contribution in [3.63, 3.8) is 0 Å². The number of rotatable bonds is 4. The van der Waals surface area contributed by atoms with Crippen LogP contribution >= 0.6 is 22.9 Å². The second-order valence-electron chi connectivity index (χ2n) is 6.01. The van der Waals surface area contributed by atoms with Crippen molar-refractivity contribution in [2.24, 2.45) is 7.05 Å². The second kappa shape index (κ2) is 6.66. The minimum atomic E-state index is -0.410. The van der Waals surface area contributed by atoms with Crippen molar-refractivity contribution in [3.8, 4) is 22.1 Å². The Kier molecular flexibility index (Phi) is 4.45. The van der Waals surface area contributed by atoms with E-state index in [0.717, 1.165) is 10.9 Å². The predicted octanol–water partition coefficient (Wildman–Crippen LogP) is 3.57. The van der Waals surface area contributed by atoms with E-state index in [-0.39, 0.29) is 6.61 Å². The van der Waals surface area contributed by atoms with Gasteiger partial charge in [0.2, 0.25) is 0 Å². The monoisotopic (exact) mass is 406 g/mol. The topological polar surface area (TPSA) is 81.7 Å². The summed E-state index contributed by atoms with van der Waals surface area (Å²) in [5.41, 5.74) is 2.40. The third kappa shape index (κ3) is 2.82. The lowest BCUT2D eigenvalue weighted by Crippen LogP contribution is -1.99. The van der Waals surface area contributed by atoms with E-state index < -0.39 is 5.82 Å². The molecule has 0 atom stereocenters. The molecule has 0 saturated heterocycles. The first-order valence-electron chi connectivity index (χ1n) is 8.27. The molecule has 4 rings (SSSR count). The first kappa shape index (κ1) is 18.0. The average molecular weight is 407 g/mol. The number of hydrogen-bond donors (Lipinski definition) is 1. The maximum Gasteiger partial charge on any atom is 0.174 e. The molecular weight excluding hydrogens is 391 g/mol. The zero-order chi connectivity index (χ0) is 19.3.